The van der Waals surface area contributed by atoms with E-state index >= 15 is 0 Å². The molecule has 3 aromatic heterocycles. The third-order valence-corrected chi connectivity index (χ3v) is 6.44. The Bertz CT molecular complexity index is 1680. The van der Waals surface area contributed by atoms with E-state index in [9.17, 15) is 14.4 Å². The second kappa shape index (κ2) is 10.9. The average Bonchev–Trinajstić information content (AvgIpc) is 3.43. The van der Waals surface area contributed by atoms with Gasteiger partial charge in [-0.2, -0.15) is 4.99 Å². The molecule has 1 aliphatic rings. The summed E-state index contributed by atoms with van der Waals surface area (Å²) >= 11 is 0. The summed E-state index contributed by atoms with van der Waals surface area (Å²) in [5, 5.41) is 0.223. The molecule has 0 N–H and O–H groups in total. The molecule has 0 aliphatic carbocycles. The maximum Gasteiger partial charge on any atom is 0.341 e. The zero-order chi connectivity index (χ0) is 26.6. The predicted octanol–water partition coefficient (Wildman–Crippen LogP) is 3.45. The Labute approximate surface area is 218 Å². The van der Waals surface area contributed by atoms with E-state index in [1.165, 1.54) is 16.5 Å². The lowest BCUT2D eigenvalue weighted by molar-refractivity contribution is -0.113. The number of aryl methyl sites for hydroxylation is 1. The summed E-state index contributed by atoms with van der Waals surface area (Å²) in [4.78, 5) is 48.9. The second-order valence-electron chi connectivity index (χ2n) is 9.08. The summed E-state index contributed by atoms with van der Waals surface area (Å²) in [7, 11) is 0. The van der Waals surface area contributed by atoms with E-state index in [4.69, 9.17) is 14.5 Å². The third-order valence-electron chi connectivity index (χ3n) is 6.44. The van der Waals surface area contributed by atoms with Crippen molar-refractivity contribution >= 4 is 34.6 Å². The Morgan fingerprint density at radius 2 is 2.00 bits per heavy atom. The molecular weight excluding hydrogens is 484 g/mol. The number of fused-ring (bicyclic) bond motifs is 2. The van der Waals surface area contributed by atoms with Crippen molar-refractivity contribution in [3.8, 4) is 0 Å². The molecule has 1 saturated heterocycles. The Kier molecular flexibility index (Phi) is 7.28. The van der Waals surface area contributed by atoms with Gasteiger partial charge in [0.15, 0.2) is 5.49 Å². The molecule has 4 heterocycles. The molecule has 4 aromatic rings. The first-order chi connectivity index (χ1) is 18.5. The van der Waals surface area contributed by atoms with Crippen molar-refractivity contribution in [3.63, 3.8) is 0 Å². The average molecular weight is 513 g/mol. The molecule has 0 bridgehead atoms. The smallest absolute Gasteiger partial charge is 0.341 e. The normalized spacial score (nSPS) is 16.1. The number of aromatic nitrogens is 3. The minimum absolute atomic E-state index is 0.0188. The first-order valence-electron chi connectivity index (χ1n) is 12.6. The summed E-state index contributed by atoms with van der Waals surface area (Å²) in [5.41, 5.74) is 2.23. The Morgan fingerprint density at radius 3 is 2.74 bits per heavy atom. The Hall–Kier alpha value is -4.37. The van der Waals surface area contributed by atoms with Gasteiger partial charge < -0.3 is 14.0 Å². The van der Waals surface area contributed by atoms with Crippen LogP contribution in [0.1, 0.15) is 41.3 Å². The zero-order valence-electron chi connectivity index (χ0n) is 21.3. The van der Waals surface area contributed by atoms with Crippen molar-refractivity contribution in [3.05, 3.63) is 93.3 Å². The fraction of sp³-hybridized carbons (Fsp3) is 0.276. The first kappa shape index (κ1) is 25.3. The lowest BCUT2D eigenvalue weighted by Gasteiger charge is -2.18. The maximum atomic E-state index is 13.6. The van der Waals surface area contributed by atoms with Gasteiger partial charge in [-0.05, 0) is 56.0 Å². The molecule has 9 heteroatoms. The number of esters is 1. The highest BCUT2D eigenvalue weighted by atomic mass is 16.5. The van der Waals surface area contributed by atoms with E-state index in [0.717, 1.165) is 24.0 Å². The van der Waals surface area contributed by atoms with Crippen molar-refractivity contribution in [2.24, 2.45) is 4.99 Å². The molecule has 0 saturated carbocycles. The SMILES string of the molecule is CCOC(=O)c1cc2c(=O)n3cccc(C)c3nc2n(CC2CCCO2)c1=NC(=O)C=Cc1ccccc1. The van der Waals surface area contributed by atoms with Gasteiger partial charge in [-0.15, -0.1) is 0 Å². The fourth-order valence-corrected chi connectivity index (χ4v) is 4.60. The van der Waals surface area contributed by atoms with Gasteiger partial charge in [0.25, 0.3) is 11.5 Å². The minimum Gasteiger partial charge on any atom is -0.462 e. The molecule has 1 aliphatic heterocycles. The second-order valence-corrected chi connectivity index (χ2v) is 9.08. The molecule has 1 amide bonds. The van der Waals surface area contributed by atoms with Gasteiger partial charge in [-0.1, -0.05) is 36.4 Å². The van der Waals surface area contributed by atoms with Gasteiger partial charge in [0.1, 0.15) is 16.9 Å². The van der Waals surface area contributed by atoms with E-state index in [-0.39, 0.29) is 41.3 Å². The van der Waals surface area contributed by atoms with Crippen LogP contribution in [-0.2, 0) is 20.8 Å². The van der Waals surface area contributed by atoms with E-state index in [0.29, 0.717) is 17.9 Å². The van der Waals surface area contributed by atoms with Gasteiger partial charge >= 0.3 is 5.97 Å². The number of benzene rings is 1. The van der Waals surface area contributed by atoms with Gasteiger partial charge in [0.2, 0.25) is 0 Å². The van der Waals surface area contributed by atoms with E-state index in [2.05, 4.69) is 4.99 Å². The number of pyridine rings is 2. The topological polar surface area (TPSA) is 104 Å². The highest BCUT2D eigenvalue weighted by molar-refractivity contribution is 5.96. The van der Waals surface area contributed by atoms with Crippen LogP contribution in [0.4, 0.5) is 0 Å². The monoisotopic (exact) mass is 512 g/mol. The number of carbonyl (C=O) groups excluding carboxylic acids is 2. The van der Waals surface area contributed by atoms with Crippen molar-refractivity contribution in [1.82, 2.24) is 14.0 Å². The van der Waals surface area contributed by atoms with E-state index in [1.807, 2.05) is 43.3 Å². The first-order valence-corrected chi connectivity index (χ1v) is 12.6. The van der Waals surface area contributed by atoms with Crippen LogP contribution in [0.5, 0.6) is 0 Å². The summed E-state index contributed by atoms with van der Waals surface area (Å²) in [6.07, 6.45) is 6.15. The standard InChI is InChI=1S/C29H28N4O5/c1-3-37-29(36)23-17-22-26(31-25-19(2)9-7-15-32(25)28(22)35)33(18-21-12-8-16-38-21)27(23)30-24(34)14-13-20-10-5-4-6-11-20/h4-7,9-11,13-15,17,21H,3,8,12,16,18H2,1-2H3. The summed E-state index contributed by atoms with van der Waals surface area (Å²) in [6.45, 7) is 4.57. The lowest BCUT2D eigenvalue weighted by atomic mass is 10.1. The number of hydrogen-bond acceptors (Lipinski definition) is 6. The third kappa shape index (κ3) is 5.05. The van der Waals surface area contributed by atoms with E-state index in [1.54, 1.807) is 29.8 Å². The summed E-state index contributed by atoms with van der Waals surface area (Å²) in [5.74, 6) is -1.24. The molecule has 0 spiro atoms. The molecule has 1 fully saturated rings. The quantitative estimate of drug-likeness (QED) is 0.223. The van der Waals surface area contributed by atoms with Crippen molar-refractivity contribution in [2.75, 3.05) is 13.2 Å². The Morgan fingerprint density at radius 1 is 1.18 bits per heavy atom. The van der Waals surface area contributed by atoms with Gasteiger partial charge in [-0.3, -0.25) is 14.0 Å². The molecule has 9 nitrogen and oxygen atoms in total. The molecule has 1 aromatic carbocycles. The maximum absolute atomic E-state index is 13.6. The molecule has 0 radical (unpaired) electrons. The van der Waals surface area contributed by atoms with Crippen molar-refractivity contribution in [1.29, 1.82) is 0 Å². The van der Waals surface area contributed by atoms with Gasteiger partial charge in [0, 0.05) is 18.9 Å². The van der Waals surface area contributed by atoms with Gasteiger partial charge in [0.05, 0.1) is 24.6 Å². The number of carbonyl (C=O) groups is 2. The van der Waals surface area contributed by atoms with Crippen LogP contribution >= 0.6 is 0 Å². The highest BCUT2D eigenvalue weighted by Crippen LogP contribution is 2.18. The number of nitrogens with zero attached hydrogens (tertiary/aromatic N) is 4. The van der Waals surface area contributed by atoms with E-state index < -0.39 is 11.9 Å². The van der Waals surface area contributed by atoms with Crippen LogP contribution in [0, 0.1) is 6.92 Å². The number of amides is 1. The lowest BCUT2D eigenvalue weighted by Crippen LogP contribution is -2.35. The number of ether oxygens (including phenoxy) is 2. The highest BCUT2D eigenvalue weighted by Gasteiger charge is 2.23. The minimum atomic E-state index is -0.678. The molecular formula is C29H28N4O5. The van der Waals surface area contributed by atoms with Crippen molar-refractivity contribution < 1.29 is 19.1 Å². The molecule has 1 unspecified atom stereocenters. The molecule has 194 valence electrons. The predicted molar refractivity (Wildman–Crippen MR) is 143 cm³/mol. The zero-order valence-corrected chi connectivity index (χ0v) is 21.3. The van der Waals surface area contributed by atoms with Crippen LogP contribution in [0.2, 0.25) is 0 Å². The molecule has 5 rings (SSSR count). The van der Waals surface area contributed by atoms with Crippen LogP contribution in [-0.4, -0.2) is 45.1 Å². The number of hydrogen-bond donors (Lipinski definition) is 0. The fourth-order valence-electron chi connectivity index (χ4n) is 4.60. The summed E-state index contributed by atoms with van der Waals surface area (Å²) in [6, 6.07) is 14.4. The number of rotatable bonds is 6. The van der Waals surface area contributed by atoms with Crippen molar-refractivity contribution in [2.45, 2.75) is 39.3 Å². The molecule has 38 heavy (non-hydrogen) atoms. The largest absolute Gasteiger partial charge is 0.462 e. The van der Waals surface area contributed by atoms with Gasteiger partial charge in [-0.25, -0.2) is 9.78 Å². The van der Waals surface area contributed by atoms with Crippen LogP contribution in [0.15, 0.2) is 70.6 Å². The van der Waals surface area contributed by atoms with Crippen LogP contribution in [0.3, 0.4) is 0 Å². The Balaban J connectivity index is 1.80. The van der Waals surface area contributed by atoms with Crippen LogP contribution in [0.25, 0.3) is 22.8 Å². The molecule has 1 atom stereocenters. The van der Waals surface area contributed by atoms with Crippen LogP contribution < -0.4 is 11.0 Å². The summed E-state index contributed by atoms with van der Waals surface area (Å²) < 4.78 is 14.3.